The molecular formula is C24H26N4O4S. The summed E-state index contributed by atoms with van der Waals surface area (Å²) >= 11 is 1.31. The van der Waals surface area contributed by atoms with Crippen LogP contribution < -0.4 is 10.1 Å². The lowest BCUT2D eigenvalue weighted by Gasteiger charge is -2.38. The highest BCUT2D eigenvalue weighted by atomic mass is 32.1. The SMILES string of the molecule is CCCCOc1ccc([C@]2(C)CC(c3ccc(C(C)=O)s3)=C(N3N=NCC3=O)C(=O)N2)cc1. The van der Waals surface area contributed by atoms with E-state index in [-0.39, 0.29) is 23.9 Å². The van der Waals surface area contributed by atoms with Crippen LogP contribution in [0.5, 0.6) is 5.75 Å². The van der Waals surface area contributed by atoms with Gasteiger partial charge in [0.1, 0.15) is 18.0 Å². The van der Waals surface area contributed by atoms with Crippen molar-refractivity contribution < 1.29 is 19.1 Å². The Kier molecular flexibility index (Phi) is 6.42. The topological polar surface area (TPSA) is 100 Å². The summed E-state index contributed by atoms with van der Waals surface area (Å²) < 4.78 is 5.76. The van der Waals surface area contributed by atoms with Gasteiger partial charge in [0.25, 0.3) is 11.8 Å². The van der Waals surface area contributed by atoms with Crippen molar-refractivity contribution in [2.24, 2.45) is 10.3 Å². The van der Waals surface area contributed by atoms with Crippen LogP contribution in [0.3, 0.4) is 0 Å². The van der Waals surface area contributed by atoms with Gasteiger partial charge < -0.3 is 10.1 Å². The molecule has 1 aromatic heterocycles. The Balaban J connectivity index is 1.71. The second-order valence-corrected chi connectivity index (χ2v) is 9.41. The lowest BCUT2D eigenvalue weighted by molar-refractivity contribution is -0.130. The largest absolute Gasteiger partial charge is 0.494 e. The van der Waals surface area contributed by atoms with Gasteiger partial charge in [0.15, 0.2) is 5.78 Å². The van der Waals surface area contributed by atoms with E-state index < -0.39 is 11.4 Å². The summed E-state index contributed by atoms with van der Waals surface area (Å²) in [6.45, 7) is 6.13. The number of benzene rings is 1. The number of hydrogen-bond acceptors (Lipinski definition) is 7. The minimum atomic E-state index is -0.724. The third kappa shape index (κ3) is 4.59. The van der Waals surface area contributed by atoms with Crippen molar-refractivity contribution in [3.63, 3.8) is 0 Å². The first-order valence-electron chi connectivity index (χ1n) is 10.9. The van der Waals surface area contributed by atoms with E-state index in [9.17, 15) is 14.4 Å². The lowest BCUT2D eigenvalue weighted by Crippen LogP contribution is -2.50. The van der Waals surface area contributed by atoms with Crippen molar-refractivity contribution in [2.45, 2.75) is 45.6 Å². The molecule has 0 saturated carbocycles. The summed E-state index contributed by atoms with van der Waals surface area (Å²) in [6, 6.07) is 11.3. The highest BCUT2D eigenvalue weighted by Gasteiger charge is 2.42. The number of carbonyl (C=O) groups is 3. The molecule has 3 heterocycles. The van der Waals surface area contributed by atoms with E-state index in [1.165, 1.54) is 18.3 Å². The summed E-state index contributed by atoms with van der Waals surface area (Å²) in [6.07, 6.45) is 2.47. The van der Waals surface area contributed by atoms with Gasteiger partial charge >= 0.3 is 0 Å². The van der Waals surface area contributed by atoms with Crippen molar-refractivity contribution in [1.29, 1.82) is 0 Å². The summed E-state index contributed by atoms with van der Waals surface area (Å²) in [7, 11) is 0. The number of thiophene rings is 1. The molecule has 0 unspecified atom stereocenters. The summed E-state index contributed by atoms with van der Waals surface area (Å²) in [4.78, 5) is 38.9. The van der Waals surface area contributed by atoms with E-state index in [1.807, 2.05) is 37.3 Å². The van der Waals surface area contributed by atoms with Crippen LogP contribution in [0.1, 0.15) is 60.1 Å². The maximum Gasteiger partial charge on any atom is 0.272 e. The number of unbranched alkanes of at least 4 members (excludes halogenated alkanes) is 1. The number of ketones is 1. The average molecular weight is 467 g/mol. The number of carbonyl (C=O) groups excluding carboxylic acids is 3. The molecule has 0 aliphatic carbocycles. The molecule has 0 spiro atoms. The molecule has 1 aromatic carbocycles. The molecule has 2 amide bonds. The number of hydrogen-bond donors (Lipinski definition) is 1. The van der Waals surface area contributed by atoms with Crippen LogP contribution in [-0.2, 0) is 15.1 Å². The molecule has 4 rings (SSSR count). The van der Waals surface area contributed by atoms with E-state index in [2.05, 4.69) is 22.6 Å². The fourth-order valence-corrected chi connectivity index (χ4v) is 4.86. The van der Waals surface area contributed by atoms with Gasteiger partial charge in [-0.25, -0.2) is 0 Å². The predicted molar refractivity (Wildman–Crippen MR) is 125 cm³/mol. The number of nitrogens with zero attached hydrogens (tertiary/aromatic N) is 3. The minimum absolute atomic E-state index is 0.0491. The molecule has 1 atom stereocenters. The second-order valence-electron chi connectivity index (χ2n) is 8.33. The van der Waals surface area contributed by atoms with Crippen LogP contribution >= 0.6 is 11.3 Å². The monoisotopic (exact) mass is 466 g/mol. The fraction of sp³-hybridized carbons (Fsp3) is 0.375. The molecule has 0 fully saturated rings. The molecule has 9 heteroatoms. The average Bonchev–Trinajstić information content (AvgIpc) is 3.44. The first-order valence-corrected chi connectivity index (χ1v) is 11.7. The molecule has 1 N–H and O–H groups in total. The van der Waals surface area contributed by atoms with E-state index in [0.717, 1.165) is 34.0 Å². The summed E-state index contributed by atoms with van der Waals surface area (Å²) in [5.41, 5.74) is 1.01. The summed E-state index contributed by atoms with van der Waals surface area (Å²) in [5.74, 6) is -0.0407. The van der Waals surface area contributed by atoms with E-state index in [4.69, 9.17) is 4.74 Å². The van der Waals surface area contributed by atoms with Crippen molar-refractivity contribution in [2.75, 3.05) is 13.2 Å². The van der Waals surface area contributed by atoms with Gasteiger partial charge in [-0.15, -0.1) is 11.3 Å². The number of rotatable bonds is 8. The number of Topliss-reactive ketones (excluding diaryl/α,β-unsaturated/α-hetero) is 1. The van der Waals surface area contributed by atoms with Gasteiger partial charge in [0.2, 0.25) is 0 Å². The standard InChI is InChI=1S/C24H26N4O4S/c1-4-5-12-32-17-8-6-16(7-9-17)24(3)13-18(20-11-10-19(33-20)15(2)29)22(23(31)26-24)28-21(30)14-25-27-28/h6-11H,4-5,12-14H2,1-3H3,(H,26,31)/t24-/m0/s1. The zero-order valence-corrected chi connectivity index (χ0v) is 19.7. The van der Waals surface area contributed by atoms with Gasteiger partial charge in [-0.1, -0.05) is 30.7 Å². The molecular weight excluding hydrogens is 440 g/mol. The zero-order valence-electron chi connectivity index (χ0n) is 18.9. The van der Waals surface area contributed by atoms with E-state index in [0.29, 0.717) is 23.5 Å². The van der Waals surface area contributed by atoms with Crippen molar-refractivity contribution in [3.8, 4) is 5.75 Å². The molecule has 33 heavy (non-hydrogen) atoms. The Morgan fingerprint density at radius 2 is 1.97 bits per heavy atom. The Bertz CT molecular complexity index is 1150. The van der Waals surface area contributed by atoms with Crippen LogP contribution in [0.2, 0.25) is 0 Å². The Labute approximate surface area is 196 Å². The molecule has 2 aliphatic heterocycles. The minimum Gasteiger partial charge on any atom is -0.494 e. The quantitative estimate of drug-likeness (QED) is 0.458. The first kappa shape index (κ1) is 22.8. The van der Waals surface area contributed by atoms with Crippen molar-refractivity contribution in [1.82, 2.24) is 10.3 Å². The first-order chi connectivity index (χ1) is 15.8. The Morgan fingerprint density at radius 1 is 1.21 bits per heavy atom. The Hall–Kier alpha value is -3.33. The predicted octanol–water partition coefficient (Wildman–Crippen LogP) is 4.49. The van der Waals surface area contributed by atoms with Gasteiger partial charge in [0.05, 0.1) is 17.0 Å². The molecule has 2 aliphatic rings. The summed E-state index contributed by atoms with van der Waals surface area (Å²) in [5, 5.41) is 11.8. The number of nitrogens with one attached hydrogen (secondary N) is 1. The van der Waals surface area contributed by atoms with Gasteiger partial charge in [0, 0.05) is 16.9 Å². The van der Waals surface area contributed by atoms with Crippen LogP contribution in [0.25, 0.3) is 5.57 Å². The molecule has 2 aromatic rings. The Morgan fingerprint density at radius 3 is 2.58 bits per heavy atom. The normalized spacial score (nSPS) is 20.4. The maximum absolute atomic E-state index is 13.3. The van der Waals surface area contributed by atoms with Gasteiger partial charge in [-0.05, 0) is 50.1 Å². The van der Waals surface area contributed by atoms with Crippen LogP contribution in [0, 0.1) is 0 Å². The van der Waals surface area contributed by atoms with Crippen molar-refractivity contribution >= 4 is 34.5 Å². The van der Waals surface area contributed by atoms with Crippen LogP contribution in [0.15, 0.2) is 52.4 Å². The van der Waals surface area contributed by atoms with E-state index in [1.54, 1.807) is 6.07 Å². The molecule has 8 nitrogen and oxygen atoms in total. The molecule has 0 radical (unpaired) electrons. The zero-order chi connectivity index (χ0) is 23.6. The fourth-order valence-electron chi connectivity index (χ4n) is 3.91. The molecule has 172 valence electrons. The van der Waals surface area contributed by atoms with Crippen LogP contribution in [0.4, 0.5) is 0 Å². The van der Waals surface area contributed by atoms with E-state index >= 15 is 0 Å². The highest BCUT2D eigenvalue weighted by Crippen LogP contribution is 2.42. The number of amides is 2. The van der Waals surface area contributed by atoms with Crippen LogP contribution in [-0.4, -0.2) is 35.8 Å². The third-order valence-corrected chi connectivity index (χ3v) is 6.98. The number of ether oxygens (including phenoxy) is 1. The van der Waals surface area contributed by atoms with Crippen molar-refractivity contribution in [3.05, 3.63) is 57.4 Å². The maximum atomic E-state index is 13.3. The smallest absolute Gasteiger partial charge is 0.272 e. The lowest BCUT2D eigenvalue weighted by atomic mass is 9.81. The van der Waals surface area contributed by atoms with Gasteiger partial charge in [-0.2, -0.15) is 10.1 Å². The second kappa shape index (κ2) is 9.27. The third-order valence-electron chi connectivity index (χ3n) is 5.74. The van der Waals surface area contributed by atoms with Gasteiger partial charge in [-0.3, -0.25) is 14.4 Å². The molecule has 0 saturated heterocycles. The molecule has 0 bridgehead atoms. The highest BCUT2D eigenvalue weighted by molar-refractivity contribution is 7.15.